The third-order valence-electron chi connectivity index (χ3n) is 2.87. The van der Waals surface area contributed by atoms with Gasteiger partial charge < -0.3 is 10.0 Å². The van der Waals surface area contributed by atoms with Gasteiger partial charge in [0, 0.05) is 19.0 Å². The molecule has 92 valence electrons. The zero-order valence-corrected chi connectivity index (χ0v) is 9.95. The number of carboxylic acids is 1. The SMILES string of the molecule is CCCCCC(=O)N(CCC(=O)O)C1CC1. The number of rotatable bonds is 8. The van der Waals surface area contributed by atoms with Gasteiger partial charge in [-0.3, -0.25) is 9.59 Å². The Bertz CT molecular complexity index is 249. The van der Waals surface area contributed by atoms with Gasteiger partial charge in [-0.15, -0.1) is 0 Å². The van der Waals surface area contributed by atoms with Crippen molar-refractivity contribution in [1.29, 1.82) is 0 Å². The second-order valence-corrected chi connectivity index (χ2v) is 4.42. The molecule has 0 radical (unpaired) electrons. The number of amides is 1. The minimum absolute atomic E-state index is 0.0655. The van der Waals surface area contributed by atoms with Crippen molar-refractivity contribution in [2.75, 3.05) is 6.54 Å². The lowest BCUT2D eigenvalue weighted by Gasteiger charge is -2.21. The highest BCUT2D eigenvalue weighted by atomic mass is 16.4. The van der Waals surface area contributed by atoms with Crippen molar-refractivity contribution in [3.63, 3.8) is 0 Å². The number of aliphatic carboxylic acids is 1. The largest absolute Gasteiger partial charge is 0.481 e. The van der Waals surface area contributed by atoms with Gasteiger partial charge in [0.1, 0.15) is 0 Å². The van der Waals surface area contributed by atoms with Gasteiger partial charge in [0.25, 0.3) is 0 Å². The summed E-state index contributed by atoms with van der Waals surface area (Å²) in [5.74, 6) is -0.691. The van der Waals surface area contributed by atoms with Crippen LogP contribution < -0.4 is 0 Å². The Labute approximate surface area is 96.6 Å². The van der Waals surface area contributed by atoms with Gasteiger partial charge in [0.2, 0.25) is 5.91 Å². The molecule has 1 N–H and O–H groups in total. The van der Waals surface area contributed by atoms with Crippen molar-refractivity contribution in [3.05, 3.63) is 0 Å². The lowest BCUT2D eigenvalue weighted by molar-refractivity contribution is -0.138. The van der Waals surface area contributed by atoms with E-state index in [-0.39, 0.29) is 12.3 Å². The maximum Gasteiger partial charge on any atom is 0.305 e. The normalized spacial score (nSPS) is 14.8. The molecule has 1 aliphatic carbocycles. The van der Waals surface area contributed by atoms with Crippen LogP contribution in [0.25, 0.3) is 0 Å². The van der Waals surface area contributed by atoms with Crippen molar-refractivity contribution in [2.24, 2.45) is 0 Å². The van der Waals surface area contributed by atoms with Crippen LogP contribution in [0.5, 0.6) is 0 Å². The molecular weight excluding hydrogens is 206 g/mol. The molecule has 0 aromatic carbocycles. The number of carboxylic acid groups (broad SMARTS) is 1. The summed E-state index contributed by atoms with van der Waals surface area (Å²) in [7, 11) is 0. The molecule has 0 saturated heterocycles. The molecule has 0 heterocycles. The summed E-state index contributed by atoms with van der Waals surface area (Å²) in [5.41, 5.74) is 0. The third-order valence-corrected chi connectivity index (χ3v) is 2.87. The van der Waals surface area contributed by atoms with E-state index in [0.29, 0.717) is 19.0 Å². The first-order chi connectivity index (χ1) is 7.65. The Morgan fingerprint density at radius 1 is 1.25 bits per heavy atom. The van der Waals surface area contributed by atoms with Crippen LogP contribution in [-0.4, -0.2) is 34.5 Å². The van der Waals surface area contributed by atoms with Crippen molar-refractivity contribution >= 4 is 11.9 Å². The molecule has 0 atom stereocenters. The highest BCUT2D eigenvalue weighted by Crippen LogP contribution is 2.27. The smallest absolute Gasteiger partial charge is 0.305 e. The molecule has 1 amide bonds. The third kappa shape index (κ3) is 4.64. The number of nitrogens with zero attached hydrogens (tertiary/aromatic N) is 1. The van der Waals surface area contributed by atoms with Gasteiger partial charge in [-0.25, -0.2) is 0 Å². The fourth-order valence-electron chi connectivity index (χ4n) is 1.78. The number of carbonyl (C=O) groups excluding carboxylic acids is 1. The number of hydrogen-bond donors (Lipinski definition) is 1. The second kappa shape index (κ2) is 6.51. The summed E-state index contributed by atoms with van der Waals surface area (Å²) in [6.45, 7) is 2.48. The van der Waals surface area contributed by atoms with E-state index in [9.17, 15) is 9.59 Å². The zero-order valence-electron chi connectivity index (χ0n) is 9.95. The highest BCUT2D eigenvalue weighted by molar-refractivity contribution is 5.77. The van der Waals surface area contributed by atoms with Gasteiger partial charge in [-0.2, -0.15) is 0 Å². The van der Waals surface area contributed by atoms with Gasteiger partial charge >= 0.3 is 5.97 Å². The Morgan fingerprint density at radius 2 is 1.94 bits per heavy atom. The molecule has 0 spiro atoms. The van der Waals surface area contributed by atoms with Crippen molar-refractivity contribution in [3.8, 4) is 0 Å². The number of unbranched alkanes of at least 4 members (excludes halogenated alkanes) is 2. The van der Waals surface area contributed by atoms with Crippen LogP contribution in [-0.2, 0) is 9.59 Å². The first-order valence-corrected chi connectivity index (χ1v) is 6.16. The zero-order chi connectivity index (χ0) is 12.0. The molecule has 0 bridgehead atoms. The predicted molar refractivity (Wildman–Crippen MR) is 61.1 cm³/mol. The van der Waals surface area contributed by atoms with Crippen LogP contribution in [0.3, 0.4) is 0 Å². The Morgan fingerprint density at radius 3 is 2.44 bits per heavy atom. The topological polar surface area (TPSA) is 57.6 Å². The maximum absolute atomic E-state index is 11.8. The number of carbonyl (C=O) groups is 2. The standard InChI is InChI=1S/C12H21NO3/c1-2-3-4-5-11(14)13(10-6-7-10)9-8-12(15)16/h10H,2-9H2,1H3,(H,15,16). The summed E-state index contributed by atoms with van der Waals surface area (Å²) in [6.07, 6.45) is 5.82. The Kier molecular flexibility index (Phi) is 5.29. The molecule has 16 heavy (non-hydrogen) atoms. The van der Waals surface area contributed by atoms with Gasteiger partial charge in [-0.1, -0.05) is 19.8 Å². The first kappa shape index (κ1) is 13.0. The molecule has 1 rings (SSSR count). The second-order valence-electron chi connectivity index (χ2n) is 4.42. The van der Waals surface area contributed by atoms with E-state index in [1.54, 1.807) is 4.90 Å². The summed E-state index contributed by atoms with van der Waals surface area (Å²) in [6, 6.07) is 0.327. The van der Waals surface area contributed by atoms with Gasteiger partial charge in [0.15, 0.2) is 0 Å². The van der Waals surface area contributed by atoms with Crippen LogP contribution >= 0.6 is 0 Å². The minimum atomic E-state index is -0.827. The monoisotopic (exact) mass is 227 g/mol. The van der Waals surface area contributed by atoms with E-state index in [0.717, 1.165) is 32.1 Å². The summed E-state index contributed by atoms with van der Waals surface area (Å²) in [5, 5.41) is 8.62. The van der Waals surface area contributed by atoms with Gasteiger partial charge in [0.05, 0.1) is 6.42 Å². The van der Waals surface area contributed by atoms with E-state index in [2.05, 4.69) is 6.92 Å². The minimum Gasteiger partial charge on any atom is -0.481 e. The lowest BCUT2D eigenvalue weighted by Crippen LogP contribution is -2.34. The van der Waals surface area contributed by atoms with Crippen LogP contribution in [0.1, 0.15) is 51.9 Å². The highest BCUT2D eigenvalue weighted by Gasteiger charge is 2.31. The molecule has 4 heteroatoms. The lowest BCUT2D eigenvalue weighted by atomic mass is 10.2. The average Bonchev–Trinajstić information content (AvgIpc) is 3.02. The van der Waals surface area contributed by atoms with E-state index >= 15 is 0 Å². The van der Waals surface area contributed by atoms with E-state index in [1.807, 2.05) is 0 Å². The molecule has 4 nitrogen and oxygen atoms in total. The maximum atomic E-state index is 11.8. The summed E-state index contributed by atoms with van der Waals surface area (Å²) < 4.78 is 0. The van der Waals surface area contributed by atoms with E-state index in [4.69, 9.17) is 5.11 Å². The van der Waals surface area contributed by atoms with Crippen molar-refractivity contribution in [1.82, 2.24) is 4.90 Å². The molecule has 0 aromatic rings. The molecule has 1 aliphatic rings. The van der Waals surface area contributed by atoms with Crippen molar-refractivity contribution in [2.45, 2.75) is 57.9 Å². The molecule has 0 unspecified atom stereocenters. The summed E-state index contributed by atoms with van der Waals surface area (Å²) >= 11 is 0. The van der Waals surface area contributed by atoms with E-state index < -0.39 is 5.97 Å². The summed E-state index contributed by atoms with van der Waals surface area (Å²) in [4.78, 5) is 24.1. The molecule has 1 fully saturated rings. The molecule has 1 saturated carbocycles. The van der Waals surface area contributed by atoms with E-state index in [1.165, 1.54) is 0 Å². The van der Waals surface area contributed by atoms with Gasteiger partial charge in [-0.05, 0) is 19.3 Å². The van der Waals surface area contributed by atoms with Crippen molar-refractivity contribution < 1.29 is 14.7 Å². The fraction of sp³-hybridized carbons (Fsp3) is 0.833. The number of hydrogen-bond acceptors (Lipinski definition) is 2. The van der Waals surface area contributed by atoms with Crippen LogP contribution in [0.2, 0.25) is 0 Å². The Balaban J connectivity index is 2.30. The van der Waals surface area contributed by atoms with Crippen LogP contribution in [0, 0.1) is 0 Å². The van der Waals surface area contributed by atoms with Crippen LogP contribution in [0.4, 0.5) is 0 Å². The Hall–Kier alpha value is -1.06. The predicted octanol–water partition coefficient (Wildman–Crippen LogP) is 2.03. The molecular formula is C12H21NO3. The quantitative estimate of drug-likeness (QED) is 0.645. The average molecular weight is 227 g/mol. The fourth-order valence-corrected chi connectivity index (χ4v) is 1.78. The van der Waals surface area contributed by atoms with Crippen LogP contribution in [0.15, 0.2) is 0 Å². The molecule has 0 aromatic heterocycles. The first-order valence-electron chi connectivity index (χ1n) is 6.16. The molecule has 0 aliphatic heterocycles.